The Hall–Kier alpha value is -2.07. The van der Waals surface area contributed by atoms with Crippen LogP contribution in [0.25, 0.3) is 10.8 Å². The first kappa shape index (κ1) is 11.6. The van der Waals surface area contributed by atoms with E-state index in [2.05, 4.69) is 0 Å². The van der Waals surface area contributed by atoms with E-state index in [-0.39, 0.29) is 18.2 Å². The van der Waals surface area contributed by atoms with E-state index < -0.39 is 5.79 Å². The molecular formula is C17H14O4. The first-order valence-electron chi connectivity index (χ1n) is 7.35. The molecule has 2 aromatic rings. The number of fused-ring (bicyclic) bond motifs is 6. The van der Waals surface area contributed by atoms with Crippen LogP contribution in [0.15, 0.2) is 36.4 Å². The van der Waals surface area contributed by atoms with Gasteiger partial charge in [0.2, 0.25) is 0 Å². The van der Waals surface area contributed by atoms with Crippen LogP contribution in [-0.4, -0.2) is 24.0 Å². The fraction of sp³-hybridized carbons (Fsp3) is 0.353. The molecule has 3 heterocycles. The SMILES string of the molecule is O=C1OC2(CC3CCC2O3)Oc2ccc3ccccc3c21. The van der Waals surface area contributed by atoms with Crippen LogP contribution in [-0.2, 0) is 9.47 Å². The normalized spacial score (nSPS) is 33.0. The summed E-state index contributed by atoms with van der Waals surface area (Å²) in [6, 6.07) is 11.6. The Morgan fingerprint density at radius 1 is 1.05 bits per heavy atom. The molecule has 0 radical (unpaired) electrons. The summed E-state index contributed by atoms with van der Waals surface area (Å²) in [5.74, 6) is -0.597. The van der Waals surface area contributed by atoms with Gasteiger partial charge in [-0.3, -0.25) is 0 Å². The maximum absolute atomic E-state index is 12.6. The number of rotatable bonds is 0. The smallest absolute Gasteiger partial charge is 0.345 e. The van der Waals surface area contributed by atoms with Gasteiger partial charge >= 0.3 is 5.97 Å². The molecule has 106 valence electrons. The van der Waals surface area contributed by atoms with Crippen molar-refractivity contribution in [2.24, 2.45) is 0 Å². The fourth-order valence-corrected chi connectivity index (χ4v) is 3.81. The predicted molar refractivity (Wildman–Crippen MR) is 75.2 cm³/mol. The van der Waals surface area contributed by atoms with Crippen molar-refractivity contribution >= 4 is 16.7 Å². The molecule has 0 aromatic heterocycles. The first-order valence-corrected chi connectivity index (χ1v) is 7.35. The molecule has 1 spiro atoms. The van der Waals surface area contributed by atoms with Crippen LogP contribution in [0.4, 0.5) is 0 Å². The summed E-state index contributed by atoms with van der Waals surface area (Å²) in [4.78, 5) is 12.6. The van der Waals surface area contributed by atoms with Crippen LogP contribution in [0.1, 0.15) is 29.6 Å². The molecule has 2 fully saturated rings. The maximum Gasteiger partial charge on any atom is 0.345 e. The molecule has 3 aliphatic heterocycles. The van der Waals surface area contributed by atoms with Gasteiger partial charge in [0.15, 0.2) is 0 Å². The van der Waals surface area contributed by atoms with Crippen molar-refractivity contribution in [2.45, 2.75) is 37.3 Å². The van der Waals surface area contributed by atoms with E-state index in [0.29, 0.717) is 17.7 Å². The van der Waals surface area contributed by atoms with Crippen molar-refractivity contribution in [3.63, 3.8) is 0 Å². The van der Waals surface area contributed by atoms with Crippen LogP contribution >= 0.6 is 0 Å². The largest absolute Gasteiger partial charge is 0.449 e. The molecule has 3 unspecified atom stereocenters. The van der Waals surface area contributed by atoms with Crippen molar-refractivity contribution in [3.05, 3.63) is 42.0 Å². The lowest BCUT2D eigenvalue weighted by Crippen LogP contribution is -2.51. The Kier molecular flexibility index (Phi) is 2.08. The molecule has 0 aliphatic carbocycles. The first-order chi connectivity index (χ1) is 10.3. The van der Waals surface area contributed by atoms with Crippen molar-refractivity contribution in [1.29, 1.82) is 0 Å². The van der Waals surface area contributed by atoms with Gasteiger partial charge < -0.3 is 14.2 Å². The minimum absolute atomic E-state index is 0.133. The van der Waals surface area contributed by atoms with Crippen molar-refractivity contribution in [3.8, 4) is 5.75 Å². The third-order valence-electron chi connectivity index (χ3n) is 4.75. The predicted octanol–water partition coefficient (Wildman–Crippen LogP) is 3.04. The average molecular weight is 282 g/mol. The quantitative estimate of drug-likeness (QED) is 0.697. The number of carbonyl (C=O) groups is 1. The van der Waals surface area contributed by atoms with Crippen LogP contribution in [0, 0.1) is 0 Å². The monoisotopic (exact) mass is 282 g/mol. The van der Waals surface area contributed by atoms with Gasteiger partial charge in [0, 0.05) is 0 Å². The van der Waals surface area contributed by atoms with E-state index in [1.54, 1.807) is 0 Å². The zero-order valence-corrected chi connectivity index (χ0v) is 11.4. The Morgan fingerprint density at radius 3 is 2.76 bits per heavy atom. The van der Waals surface area contributed by atoms with Gasteiger partial charge in [-0.05, 0) is 29.7 Å². The van der Waals surface area contributed by atoms with Crippen molar-refractivity contribution in [1.82, 2.24) is 0 Å². The molecule has 0 saturated carbocycles. The molecule has 2 saturated heterocycles. The number of hydrogen-bond donors (Lipinski definition) is 0. The molecule has 2 aromatic carbocycles. The van der Waals surface area contributed by atoms with E-state index in [1.807, 2.05) is 36.4 Å². The molecule has 21 heavy (non-hydrogen) atoms. The summed E-state index contributed by atoms with van der Waals surface area (Å²) < 4.78 is 17.7. The lowest BCUT2D eigenvalue weighted by Gasteiger charge is -2.38. The fourth-order valence-electron chi connectivity index (χ4n) is 3.81. The Morgan fingerprint density at radius 2 is 1.95 bits per heavy atom. The minimum Gasteiger partial charge on any atom is -0.449 e. The molecule has 5 rings (SSSR count). The Bertz CT molecular complexity index is 768. The van der Waals surface area contributed by atoms with Gasteiger partial charge in [0.1, 0.15) is 17.4 Å². The van der Waals surface area contributed by atoms with E-state index >= 15 is 0 Å². The number of carbonyl (C=O) groups excluding carboxylic acids is 1. The average Bonchev–Trinajstić information content (AvgIpc) is 3.07. The summed E-state index contributed by atoms with van der Waals surface area (Å²) in [6.07, 6.45) is 2.57. The van der Waals surface area contributed by atoms with Gasteiger partial charge in [-0.1, -0.05) is 30.3 Å². The van der Waals surface area contributed by atoms with E-state index in [9.17, 15) is 4.79 Å². The topological polar surface area (TPSA) is 44.8 Å². The van der Waals surface area contributed by atoms with Crippen LogP contribution in [0.2, 0.25) is 0 Å². The van der Waals surface area contributed by atoms with E-state index in [0.717, 1.165) is 23.6 Å². The second-order valence-corrected chi connectivity index (χ2v) is 5.99. The lowest BCUT2D eigenvalue weighted by molar-refractivity contribution is -0.183. The summed E-state index contributed by atoms with van der Waals surface area (Å²) in [6.45, 7) is 0. The zero-order valence-electron chi connectivity index (χ0n) is 11.4. The molecule has 2 bridgehead atoms. The van der Waals surface area contributed by atoms with Gasteiger partial charge in [0.25, 0.3) is 5.79 Å². The minimum atomic E-state index is -0.907. The summed E-state index contributed by atoms with van der Waals surface area (Å²) >= 11 is 0. The van der Waals surface area contributed by atoms with Crippen LogP contribution in [0.5, 0.6) is 5.75 Å². The summed E-state index contributed by atoms with van der Waals surface area (Å²) in [7, 11) is 0. The zero-order chi connectivity index (χ0) is 14.0. The second-order valence-electron chi connectivity index (χ2n) is 5.99. The highest BCUT2D eigenvalue weighted by molar-refractivity contribution is 6.07. The molecular weight excluding hydrogens is 268 g/mol. The third-order valence-corrected chi connectivity index (χ3v) is 4.75. The van der Waals surface area contributed by atoms with Crippen LogP contribution in [0.3, 0.4) is 0 Å². The second kappa shape index (κ2) is 3.77. The highest BCUT2D eigenvalue weighted by Gasteiger charge is 2.59. The molecule has 3 atom stereocenters. The molecule has 4 heteroatoms. The van der Waals surface area contributed by atoms with Gasteiger partial charge in [-0.15, -0.1) is 0 Å². The van der Waals surface area contributed by atoms with Gasteiger partial charge in [0.05, 0.1) is 12.5 Å². The standard InChI is InChI=1S/C17H14O4/c18-16-15-12-4-2-1-3-10(12)5-7-13(15)20-17(21-16)9-11-6-8-14(17)19-11/h1-5,7,11,14H,6,8-9H2. The van der Waals surface area contributed by atoms with Gasteiger partial charge in [-0.25, -0.2) is 4.79 Å². The van der Waals surface area contributed by atoms with Gasteiger partial charge in [-0.2, -0.15) is 0 Å². The summed E-state index contributed by atoms with van der Waals surface area (Å²) in [5, 5.41) is 1.89. The molecule has 0 amide bonds. The highest BCUT2D eigenvalue weighted by atomic mass is 16.8. The maximum atomic E-state index is 12.6. The lowest BCUT2D eigenvalue weighted by atomic mass is 9.92. The molecule has 4 nitrogen and oxygen atoms in total. The van der Waals surface area contributed by atoms with Crippen molar-refractivity contribution < 1.29 is 19.0 Å². The van der Waals surface area contributed by atoms with Crippen molar-refractivity contribution in [2.75, 3.05) is 0 Å². The van der Waals surface area contributed by atoms with E-state index in [1.165, 1.54) is 0 Å². The summed E-state index contributed by atoms with van der Waals surface area (Å²) in [5.41, 5.74) is 0.529. The van der Waals surface area contributed by atoms with E-state index in [4.69, 9.17) is 14.2 Å². The molecule has 3 aliphatic rings. The Labute approximate surface area is 121 Å². The highest BCUT2D eigenvalue weighted by Crippen LogP contribution is 2.49. The number of esters is 1. The Balaban J connectivity index is 1.67. The van der Waals surface area contributed by atoms with Crippen LogP contribution < -0.4 is 4.74 Å². The number of benzene rings is 2. The number of hydrogen-bond acceptors (Lipinski definition) is 4. The molecule has 0 N–H and O–H groups in total. The number of ether oxygens (including phenoxy) is 3. The third kappa shape index (κ3) is 1.45.